The third kappa shape index (κ3) is 3.11. The van der Waals surface area contributed by atoms with Crippen LogP contribution in [0.25, 0.3) is 0 Å². The monoisotopic (exact) mass is 274 g/mol. The molecule has 0 aliphatic carbocycles. The molecule has 20 heavy (non-hydrogen) atoms. The van der Waals surface area contributed by atoms with E-state index in [-0.39, 0.29) is 12.5 Å². The minimum atomic E-state index is -0.152. The number of nitrogens with zero attached hydrogens (tertiary/aromatic N) is 5. The van der Waals surface area contributed by atoms with E-state index in [4.69, 9.17) is 0 Å². The number of rotatable bonds is 4. The van der Waals surface area contributed by atoms with Crippen LogP contribution in [0.4, 0.5) is 11.6 Å². The summed E-state index contributed by atoms with van der Waals surface area (Å²) in [7, 11) is 3.76. The van der Waals surface area contributed by atoms with Gasteiger partial charge in [-0.1, -0.05) is 0 Å². The second kappa shape index (κ2) is 5.68. The second-order valence-corrected chi connectivity index (χ2v) is 4.72. The lowest BCUT2D eigenvalue weighted by molar-refractivity contribution is -0.116. The fraction of sp³-hybridized carbons (Fsp3) is 0.385. The van der Waals surface area contributed by atoms with Gasteiger partial charge in [-0.15, -0.1) is 0 Å². The molecule has 7 nitrogen and oxygen atoms in total. The van der Waals surface area contributed by atoms with E-state index >= 15 is 0 Å². The molecule has 0 fully saturated rings. The SMILES string of the molecule is Cc1nc(N(C)C)nc(C)c1NC(=O)Cn1cccn1. The number of anilines is 2. The Hall–Kier alpha value is -2.44. The van der Waals surface area contributed by atoms with Crippen molar-refractivity contribution >= 4 is 17.5 Å². The summed E-state index contributed by atoms with van der Waals surface area (Å²) >= 11 is 0. The molecule has 0 bridgehead atoms. The normalized spacial score (nSPS) is 10.4. The van der Waals surface area contributed by atoms with Crippen LogP contribution in [0.3, 0.4) is 0 Å². The third-order valence-corrected chi connectivity index (χ3v) is 2.79. The van der Waals surface area contributed by atoms with Crippen LogP contribution in [-0.2, 0) is 11.3 Å². The number of carbonyl (C=O) groups excluding carboxylic acids is 1. The lowest BCUT2D eigenvalue weighted by Crippen LogP contribution is -2.22. The summed E-state index contributed by atoms with van der Waals surface area (Å²) in [5.74, 6) is 0.478. The van der Waals surface area contributed by atoms with Gasteiger partial charge in [0, 0.05) is 26.5 Å². The maximum atomic E-state index is 12.0. The van der Waals surface area contributed by atoms with Crippen LogP contribution in [0.1, 0.15) is 11.4 Å². The molecule has 0 aromatic carbocycles. The molecular formula is C13H18N6O. The Morgan fingerprint density at radius 1 is 1.30 bits per heavy atom. The highest BCUT2D eigenvalue weighted by Gasteiger charge is 2.12. The number of aryl methyl sites for hydroxylation is 2. The van der Waals surface area contributed by atoms with E-state index in [0.29, 0.717) is 11.6 Å². The summed E-state index contributed by atoms with van der Waals surface area (Å²) in [6.07, 6.45) is 3.38. The second-order valence-electron chi connectivity index (χ2n) is 4.72. The molecule has 7 heteroatoms. The zero-order chi connectivity index (χ0) is 14.7. The number of hydrogen-bond acceptors (Lipinski definition) is 5. The highest BCUT2D eigenvalue weighted by atomic mass is 16.2. The standard InChI is InChI=1S/C13H18N6O/c1-9-12(10(2)16-13(15-9)18(3)4)17-11(20)8-19-7-5-6-14-19/h5-7H,8H2,1-4H3,(H,17,20). The van der Waals surface area contributed by atoms with Crippen LogP contribution >= 0.6 is 0 Å². The summed E-state index contributed by atoms with van der Waals surface area (Å²) in [5, 5.41) is 6.84. The average Bonchev–Trinajstić information content (AvgIpc) is 2.86. The largest absolute Gasteiger partial charge is 0.347 e. The quantitative estimate of drug-likeness (QED) is 0.900. The van der Waals surface area contributed by atoms with Gasteiger partial charge in [-0.25, -0.2) is 9.97 Å². The summed E-state index contributed by atoms with van der Waals surface area (Å²) in [4.78, 5) is 22.5. The van der Waals surface area contributed by atoms with Gasteiger partial charge in [0.2, 0.25) is 11.9 Å². The Morgan fingerprint density at radius 2 is 1.95 bits per heavy atom. The highest BCUT2D eigenvalue weighted by molar-refractivity contribution is 5.91. The molecule has 0 aliphatic rings. The fourth-order valence-electron chi connectivity index (χ4n) is 1.80. The number of aromatic nitrogens is 4. The van der Waals surface area contributed by atoms with Gasteiger partial charge in [0.1, 0.15) is 6.54 Å². The van der Waals surface area contributed by atoms with Gasteiger partial charge >= 0.3 is 0 Å². The van der Waals surface area contributed by atoms with Crippen molar-refractivity contribution in [2.45, 2.75) is 20.4 Å². The first-order chi connectivity index (χ1) is 9.47. The van der Waals surface area contributed by atoms with Gasteiger partial charge in [0.15, 0.2) is 0 Å². The van der Waals surface area contributed by atoms with Crippen molar-refractivity contribution in [1.29, 1.82) is 0 Å². The molecule has 1 amide bonds. The van der Waals surface area contributed by atoms with Crippen LogP contribution in [0.5, 0.6) is 0 Å². The molecule has 0 aliphatic heterocycles. The molecule has 2 heterocycles. The molecule has 1 N–H and O–H groups in total. The third-order valence-electron chi connectivity index (χ3n) is 2.79. The minimum absolute atomic E-state index is 0.152. The fourth-order valence-corrected chi connectivity index (χ4v) is 1.80. The van der Waals surface area contributed by atoms with Crippen molar-refractivity contribution in [3.05, 3.63) is 29.8 Å². The molecule has 0 saturated carbocycles. The van der Waals surface area contributed by atoms with Crippen LogP contribution in [-0.4, -0.2) is 39.8 Å². The predicted octanol–water partition coefficient (Wildman–Crippen LogP) is 0.995. The first-order valence-corrected chi connectivity index (χ1v) is 6.27. The molecule has 0 unspecified atom stereocenters. The van der Waals surface area contributed by atoms with Gasteiger partial charge in [-0.2, -0.15) is 5.10 Å². The Balaban J connectivity index is 2.15. The smallest absolute Gasteiger partial charge is 0.246 e. The molecule has 0 spiro atoms. The molecule has 0 saturated heterocycles. The Labute approximate surface area is 117 Å². The van der Waals surface area contributed by atoms with E-state index in [1.54, 1.807) is 23.1 Å². The van der Waals surface area contributed by atoms with E-state index in [9.17, 15) is 4.79 Å². The summed E-state index contributed by atoms with van der Waals surface area (Å²) in [5.41, 5.74) is 2.15. The summed E-state index contributed by atoms with van der Waals surface area (Å²) in [6, 6.07) is 1.78. The predicted molar refractivity (Wildman–Crippen MR) is 76.7 cm³/mol. The summed E-state index contributed by atoms with van der Waals surface area (Å²) < 4.78 is 1.56. The zero-order valence-electron chi connectivity index (χ0n) is 12.1. The lowest BCUT2D eigenvalue weighted by atomic mass is 10.3. The topological polar surface area (TPSA) is 75.9 Å². The number of amides is 1. The highest BCUT2D eigenvalue weighted by Crippen LogP contribution is 2.19. The number of nitrogens with one attached hydrogen (secondary N) is 1. The minimum Gasteiger partial charge on any atom is -0.347 e. The van der Waals surface area contributed by atoms with Crippen LogP contribution in [0.2, 0.25) is 0 Å². The molecule has 106 valence electrons. The first-order valence-electron chi connectivity index (χ1n) is 6.27. The van der Waals surface area contributed by atoms with Crippen molar-refractivity contribution in [1.82, 2.24) is 19.7 Å². The van der Waals surface area contributed by atoms with E-state index in [1.807, 2.05) is 32.8 Å². The molecule has 2 rings (SSSR count). The van der Waals surface area contributed by atoms with Gasteiger partial charge in [0.05, 0.1) is 17.1 Å². The molecule has 2 aromatic heterocycles. The van der Waals surface area contributed by atoms with E-state index < -0.39 is 0 Å². The number of hydrogen-bond donors (Lipinski definition) is 1. The van der Waals surface area contributed by atoms with Crippen LogP contribution in [0, 0.1) is 13.8 Å². The van der Waals surface area contributed by atoms with Crippen molar-refractivity contribution < 1.29 is 4.79 Å². The Bertz CT molecular complexity index is 582. The Morgan fingerprint density at radius 3 is 2.45 bits per heavy atom. The van der Waals surface area contributed by atoms with Crippen LogP contribution < -0.4 is 10.2 Å². The van der Waals surface area contributed by atoms with E-state index in [2.05, 4.69) is 20.4 Å². The van der Waals surface area contributed by atoms with Crippen molar-refractivity contribution in [3.8, 4) is 0 Å². The lowest BCUT2D eigenvalue weighted by Gasteiger charge is -2.15. The average molecular weight is 274 g/mol. The molecule has 0 atom stereocenters. The number of carbonyl (C=O) groups is 1. The van der Waals surface area contributed by atoms with E-state index in [0.717, 1.165) is 11.4 Å². The van der Waals surface area contributed by atoms with Crippen LogP contribution in [0.15, 0.2) is 18.5 Å². The zero-order valence-corrected chi connectivity index (χ0v) is 12.1. The molecular weight excluding hydrogens is 256 g/mol. The Kier molecular flexibility index (Phi) is 3.97. The van der Waals surface area contributed by atoms with Gasteiger partial charge < -0.3 is 10.2 Å². The maximum Gasteiger partial charge on any atom is 0.246 e. The van der Waals surface area contributed by atoms with Crippen molar-refractivity contribution in [2.24, 2.45) is 0 Å². The first kappa shape index (κ1) is 14.0. The van der Waals surface area contributed by atoms with E-state index in [1.165, 1.54) is 0 Å². The summed E-state index contributed by atoms with van der Waals surface area (Å²) in [6.45, 7) is 3.87. The van der Waals surface area contributed by atoms with Crippen molar-refractivity contribution in [3.63, 3.8) is 0 Å². The molecule has 2 aromatic rings. The van der Waals surface area contributed by atoms with Gasteiger partial charge in [0.25, 0.3) is 0 Å². The van der Waals surface area contributed by atoms with Gasteiger partial charge in [-0.3, -0.25) is 9.48 Å². The molecule has 0 radical (unpaired) electrons. The maximum absolute atomic E-state index is 12.0. The van der Waals surface area contributed by atoms with Crippen molar-refractivity contribution in [2.75, 3.05) is 24.3 Å². The van der Waals surface area contributed by atoms with Gasteiger partial charge in [-0.05, 0) is 19.9 Å².